The van der Waals surface area contributed by atoms with E-state index in [9.17, 15) is 66.4 Å². The highest BCUT2D eigenvalue weighted by Gasteiger charge is 2.57. The van der Waals surface area contributed by atoms with E-state index in [2.05, 4.69) is 0 Å². The number of aliphatic hydroxyl groups is 15. The molecule has 2 saturated carbocycles. The van der Waals surface area contributed by atoms with Gasteiger partial charge >= 0.3 is 0 Å². The second-order valence-electron chi connectivity index (χ2n) is 15.2. The van der Waals surface area contributed by atoms with Crippen molar-refractivity contribution in [3.05, 3.63) is 0 Å². The van der Waals surface area contributed by atoms with E-state index in [1.54, 1.807) is 0 Å². The molecule has 4 saturated heterocycles. The van der Waals surface area contributed by atoms with Gasteiger partial charge in [0, 0.05) is 18.8 Å². The van der Waals surface area contributed by atoms with Crippen molar-refractivity contribution in [1.82, 2.24) is 0 Å². The van der Waals surface area contributed by atoms with Gasteiger partial charge in [-0.05, 0) is 32.6 Å². The molecule has 0 radical (unpaired) electrons. The van der Waals surface area contributed by atoms with E-state index >= 15 is 0 Å². The molecule has 20 heteroatoms. The number of rotatable bonds is 8. The molecule has 6 aliphatic rings. The van der Waals surface area contributed by atoms with Crippen LogP contribution in [-0.4, -0.2) is 213 Å². The minimum Gasteiger partial charge on any atom is -0.427 e. The van der Waals surface area contributed by atoms with Gasteiger partial charge in [-0.2, -0.15) is 0 Å². The Morgan fingerprint density at radius 2 is 1.19 bits per heavy atom. The molecule has 0 amide bonds. The zero-order chi connectivity index (χ0) is 37.8. The quantitative estimate of drug-likeness (QED) is 0.102. The normalized spacial score (nSPS) is 56.2. The van der Waals surface area contributed by atoms with E-state index in [0.29, 0.717) is 6.42 Å². The summed E-state index contributed by atoms with van der Waals surface area (Å²) in [5.41, 5.74) is 0. The lowest BCUT2D eigenvalue weighted by Gasteiger charge is -2.50. The van der Waals surface area contributed by atoms with E-state index in [1.165, 1.54) is 6.92 Å². The van der Waals surface area contributed by atoms with Gasteiger partial charge in [0.1, 0.15) is 67.1 Å². The van der Waals surface area contributed by atoms with Crippen LogP contribution in [0.4, 0.5) is 0 Å². The van der Waals surface area contributed by atoms with Crippen LogP contribution >= 0.6 is 0 Å². The highest BCUT2D eigenvalue weighted by molar-refractivity contribution is 4.99. The summed E-state index contributed by atoms with van der Waals surface area (Å²) in [5, 5.41) is 137. The van der Waals surface area contributed by atoms with Crippen LogP contribution in [0.5, 0.6) is 0 Å². The van der Waals surface area contributed by atoms with Gasteiger partial charge in [0.15, 0.2) is 37.4 Å². The van der Waals surface area contributed by atoms with Crippen molar-refractivity contribution in [3.8, 4) is 0 Å². The maximum atomic E-state index is 11.5. The molecule has 9 unspecified atom stereocenters. The lowest BCUT2D eigenvalue weighted by Crippen LogP contribution is -2.67. The molecule has 4 heterocycles. The first-order valence-corrected chi connectivity index (χ1v) is 18.0. The van der Waals surface area contributed by atoms with Crippen molar-refractivity contribution >= 4 is 0 Å². The summed E-state index contributed by atoms with van der Waals surface area (Å²) in [4.78, 5) is 0. The number of hydrogen-bond acceptors (Lipinski definition) is 19. The Hall–Kier alpha value is -0.800. The fourth-order valence-electron chi connectivity index (χ4n) is 8.44. The summed E-state index contributed by atoms with van der Waals surface area (Å²) in [6.07, 6.45) is -30.3. The van der Waals surface area contributed by atoms with Gasteiger partial charge in [-0.3, -0.25) is 0 Å². The maximum Gasteiger partial charge on any atom is 0.192 e. The molecule has 0 aromatic heterocycles. The molecule has 24 atom stereocenters. The topological polar surface area (TPSA) is 331 Å². The van der Waals surface area contributed by atoms with Gasteiger partial charge in [-0.15, -0.1) is 0 Å². The van der Waals surface area contributed by atoms with Gasteiger partial charge in [0.05, 0.1) is 43.0 Å². The Bertz CT molecular complexity index is 1150. The van der Waals surface area contributed by atoms with Crippen LogP contribution in [0.1, 0.15) is 45.4 Å². The second kappa shape index (κ2) is 16.7. The summed E-state index contributed by atoms with van der Waals surface area (Å²) in [5.74, 6) is -0.836. The van der Waals surface area contributed by atoms with Crippen LogP contribution in [0.3, 0.4) is 0 Å². The monoisotopic (exact) mass is 759 g/mol. The van der Waals surface area contributed by atoms with Gasteiger partial charge in [-0.25, -0.2) is 0 Å². The zero-order valence-corrected chi connectivity index (χ0v) is 28.5. The Morgan fingerprint density at radius 3 is 1.87 bits per heavy atom. The number of fused-ring (bicyclic) bond motifs is 1. The van der Waals surface area contributed by atoms with Gasteiger partial charge in [-0.1, -0.05) is 0 Å². The average molecular weight is 760 g/mol. The first-order valence-electron chi connectivity index (χ1n) is 18.0. The predicted molar refractivity (Wildman–Crippen MR) is 166 cm³/mol. The van der Waals surface area contributed by atoms with Crippen LogP contribution in [0, 0.1) is 11.8 Å². The minimum absolute atomic E-state index is 0.0920. The summed E-state index contributed by atoms with van der Waals surface area (Å²) < 4.78 is 40.0. The third kappa shape index (κ3) is 8.18. The SMILES string of the molecule is C[C@@H]1O[C@H](O[C@H]2O[C@@H](OC3CC4C(O)CC(O)CC4[OH+]C3C3CCC(O)C(O)C3)[C@H](O[C@@H]3O[C@H](CO)[C@@H](O)[C@H](O)[C@H]3O)[C@@H](O)[C@@H]2O)[C@H](O)[C@H](O)[C@H]1O. The third-order valence-electron chi connectivity index (χ3n) is 11.6. The first-order chi connectivity index (χ1) is 24.6. The van der Waals surface area contributed by atoms with Gasteiger partial charge in [0.25, 0.3) is 0 Å². The van der Waals surface area contributed by atoms with Crippen molar-refractivity contribution in [1.29, 1.82) is 0 Å². The van der Waals surface area contributed by atoms with E-state index in [1.807, 2.05) is 0 Å². The van der Waals surface area contributed by atoms with Crippen LogP contribution in [0.15, 0.2) is 0 Å². The molecule has 14 N–H and O–H groups in total. The molecular formula is C32H55O20+. The lowest BCUT2D eigenvalue weighted by molar-refractivity contribution is -0.426. The van der Waals surface area contributed by atoms with Crippen molar-refractivity contribution in [2.24, 2.45) is 11.8 Å². The van der Waals surface area contributed by atoms with E-state index in [-0.39, 0.29) is 38.0 Å². The van der Waals surface area contributed by atoms with Crippen LogP contribution in [0.2, 0.25) is 0 Å². The molecule has 20 nitrogen and oxygen atoms in total. The average Bonchev–Trinajstić information content (AvgIpc) is 3.11. The molecular weight excluding hydrogens is 704 g/mol. The summed E-state index contributed by atoms with van der Waals surface area (Å²) in [6.45, 7) is 0.613. The molecule has 0 bridgehead atoms. The molecule has 0 spiro atoms. The maximum absolute atomic E-state index is 11.5. The third-order valence-corrected chi connectivity index (χ3v) is 11.6. The summed E-state index contributed by atoms with van der Waals surface area (Å²) in [7, 11) is 0. The lowest BCUT2D eigenvalue weighted by atomic mass is 9.72. The fourth-order valence-corrected chi connectivity index (χ4v) is 8.44. The van der Waals surface area contributed by atoms with Crippen molar-refractivity contribution in [2.45, 2.75) is 180 Å². The Labute approximate surface area is 298 Å². The molecule has 6 fully saturated rings. The summed E-state index contributed by atoms with van der Waals surface area (Å²) >= 11 is 0. The Kier molecular flexibility index (Phi) is 13.2. The molecule has 4 aliphatic heterocycles. The van der Waals surface area contributed by atoms with Crippen molar-refractivity contribution in [3.63, 3.8) is 0 Å². The first kappa shape index (κ1) is 40.9. The minimum atomic E-state index is -1.99. The number of aliphatic hydroxyl groups excluding tert-OH is 13. The zero-order valence-electron chi connectivity index (χ0n) is 28.5. The predicted octanol–water partition coefficient (Wildman–Crippen LogP) is -6.87. The van der Waals surface area contributed by atoms with E-state index < -0.39 is 148 Å². The Morgan fingerprint density at radius 1 is 0.558 bits per heavy atom. The van der Waals surface area contributed by atoms with Gasteiger partial charge < -0.3 is 99.5 Å². The highest BCUT2D eigenvalue weighted by atomic mass is 16.8. The highest BCUT2D eigenvalue weighted by Crippen LogP contribution is 2.43. The van der Waals surface area contributed by atoms with E-state index in [0.717, 1.165) is 0 Å². The molecule has 52 heavy (non-hydrogen) atoms. The van der Waals surface area contributed by atoms with Crippen molar-refractivity contribution < 1.29 is 99.5 Å². The van der Waals surface area contributed by atoms with Crippen LogP contribution < -0.4 is 0 Å². The van der Waals surface area contributed by atoms with Crippen LogP contribution in [-0.2, 0) is 28.4 Å². The van der Waals surface area contributed by atoms with Gasteiger partial charge in [0.2, 0.25) is 0 Å². The smallest absolute Gasteiger partial charge is 0.192 e. The molecule has 6 rings (SSSR count). The van der Waals surface area contributed by atoms with Crippen LogP contribution in [0.25, 0.3) is 0 Å². The summed E-state index contributed by atoms with van der Waals surface area (Å²) in [6, 6.07) is 0. The number of ether oxygens (including phenoxy) is 7. The van der Waals surface area contributed by atoms with E-state index in [4.69, 9.17) is 33.2 Å². The number of hydrogen-bond donors (Lipinski definition) is 13. The molecule has 2 aliphatic carbocycles. The second-order valence-corrected chi connectivity index (χ2v) is 15.2. The van der Waals surface area contributed by atoms with Crippen molar-refractivity contribution in [2.75, 3.05) is 6.61 Å². The molecule has 0 aromatic carbocycles. The molecule has 302 valence electrons. The fraction of sp³-hybridized carbons (Fsp3) is 1.00. The molecule has 0 aromatic rings. The standard InChI is InChI=1S/C32H54O20/c1-9-19(38)21(40)24(43)29(46-9)51-31-26(45)23(42)28(50-30-25(44)22(41)20(39)18(8-33)49-30)32(52-31)48-17-7-12-14(36)5-11(34)6-16(12)47-27(17)10-2-3-13(35)15(37)4-10/h9-45H,2-8H2,1H3/p+1/t9-,10?,11?,12?,13?,14?,15?,16?,17?,18+,19-,20+,21+,22-,23-,24+,25+,26-,27?,28+,29+,30-,31-,32+/m0/s1. The Balaban J connectivity index is 1.29. The largest absolute Gasteiger partial charge is 0.427 e.